The van der Waals surface area contributed by atoms with E-state index in [1.165, 1.54) is 33.4 Å². The molecule has 2 aromatic rings. The number of benzene rings is 2. The normalized spacial score (nSPS) is 16.6. The number of rotatable bonds is 2. The summed E-state index contributed by atoms with van der Waals surface area (Å²) >= 11 is 3.64. The topological polar surface area (TPSA) is 24.7 Å². The molecule has 0 saturated carbocycles. The van der Waals surface area contributed by atoms with Gasteiger partial charge in [-0.1, -0.05) is 35.4 Å². The minimum absolute atomic E-state index is 0. The average Bonchev–Trinajstić information content (AvgIpc) is 2.55. The molecule has 0 N–H and O–H groups in total. The fraction of sp³-hybridized carbons (Fsp3) is 0.348. The van der Waals surface area contributed by atoms with E-state index in [0.717, 1.165) is 33.0 Å². The second-order valence-corrected chi connectivity index (χ2v) is 9.19. The molecule has 2 nitrogen and oxygen atoms in total. The van der Waals surface area contributed by atoms with Gasteiger partial charge in [-0.05, 0) is 63.8 Å². The van der Waals surface area contributed by atoms with Gasteiger partial charge in [0.15, 0.2) is 0 Å². The van der Waals surface area contributed by atoms with Gasteiger partial charge in [0.1, 0.15) is 10.1 Å². The largest absolute Gasteiger partial charge is 0.358 e. The van der Waals surface area contributed by atoms with Crippen LogP contribution in [0, 0.1) is 49.0 Å². The van der Waals surface area contributed by atoms with Gasteiger partial charge >= 0.3 is 0 Å². The van der Waals surface area contributed by atoms with Crippen LogP contribution in [0.2, 0.25) is 0 Å². The zero-order valence-electron chi connectivity index (χ0n) is 17.8. The minimum atomic E-state index is 0. The summed E-state index contributed by atoms with van der Waals surface area (Å²) in [6.45, 7) is 12.8. The number of hydrogen-bond donors (Lipinski definition) is 0. The molecule has 2 aromatic carbocycles. The summed E-state index contributed by atoms with van der Waals surface area (Å²) in [4.78, 5) is 10.1. The predicted octanol–water partition coefficient (Wildman–Crippen LogP) is 7.23. The Morgan fingerprint density at radius 3 is 1.18 bits per heavy atom. The fourth-order valence-electron chi connectivity index (χ4n) is 3.46. The first-order valence-electron chi connectivity index (χ1n) is 8.94. The first-order chi connectivity index (χ1) is 12.3. The molecular formula is C23H29N2NiS2-. The molecule has 1 aliphatic rings. The molecule has 1 aliphatic heterocycles. The molecule has 0 atom stereocenters. The minimum Gasteiger partial charge on any atom is -0.358 e. The Bertz CT molecular complexity index is 795. The van der Waals surface area contributed by atoms with Crippen LogP contribution in [-0.4, -0.2) is 21.6 Å². The summed E-state index contributed by atoms with van der Waals surface area (Å²) in [5, 5.41) is 2.10. The second kappa shape index (κ2) is 10.7. The van der Waals surface area contributed by atoms with E-state index in [4.69, 9.17) is 9.98 Å². The van der Waals surface area contributed by atoms with E-state index in [1.807, 2.05) is 23.5 Å². The van der Waals surface area contributed by atoms with E-state index < -0.39 is 0 Å². The van der Waals surface area contributed by atoms with Gasteiger partial charge in [-0.15, -0.1) is 23.5 Å². The van der Waals surface area contributed by atoms with Crippen molar-refractivity contribution >= 4 is 45.0 Å². The van der Waals surface area contributed by atoms with Crippen molar-refractivity contribution < 1.29 is 16.5 Å². The van der Waals surface area contributed by atoms with Crippen LogP contribution in [0.25, 0.3) is 0 Å². The van der Waals surface area contributed by atoms with E-state index in [2.05, 4.69) is 65.8 Å². The van der Waals surface area contributed by atoms with Crippen LogP contribution in [0.5, 0.6) is 0 Å². The summed E-state index contributed by atoms with van der Waals surface area (Å²) in [6, 6.07) is 8.83. The van der Waals surface area contributed by atoms with Gasteiger partial charge in [-0.25, -0.2) is 9.98 Å². The first-order valence-corrected chi connectivity index (χ1v) is 10.9. The quantitative estimate of drug-likeness (QED) is 0.352. The van der Waals surface area contributed by atoms with Gasteiger partial charge in [-0.2, -0.15) is 0 Å². The van der Waals surface area contributed by atoms with Crippen LogP contribution >= 0.6 is 23.5 Å². The van der Waals surface area contributed by atoms with Crippen LogP contribution in [0.3, 0.4) is 0 Å². The number of nitrogens with zero attached hydrogens (tertiary/aromatic N) is 2. The third-order valence-electron chi connectivity index (χ3n) is 4.44. The van der Waals surface area contributed by atoms with Crippen LogP contribution in [-0.2, 0) is 16.5 Å². The van der Waals surface area contributed by atoms with E-state index in [1.54, 1.807) is 0 Å². The Morgan fingerprint density at radius 1 is 0.607 bits per heavy atom. The van der Waals surface area contributed by atoms with Gasteiger partial charge in [0.2, 0.25) is 0 Å². The van der Waals surface area contributed by atoms with Crippen molar-refractivity contribution in [2.75, 3.05) is 11.5 Å². The molecule has 1 saturated heterocycles. The van der Waals surface area contributed by atoms with Crippen LogP contribution in [0.4, 0.5) is 11.4 Å². The van der Waals surface area contributed by atoms with Gasteiger partial charge < -0.3 is 7.43 Å². The van der Waals surface area contributed by atoms with Crippen molar-refractivity contribution in [2.24, 2.45) is 9.98 Å². The van der Waals surface area contributed by atoms with Crippen LogP contribution < -0.4 is 0 Å². The summed E-state index contributed by atoms with van der Waals surface area (Å²) in [5.74, 6) is 2.16. The molecule has 0 aromatic heterocycles. The Balaban J connectivity index is 0.00000196. The molecule has 0 bridgehead atoms. The molecule has 28 heavy (non-hydrogen) atoms. The standard InChI is InChI=1S/C22H26N2S2.CH3.Ni/c1-13-9-15(3)19(16(4)10-13)23-21-22(26-8-7-25-21)24-20-17(5)11-14(2)12-18(20)6;;/h9-12H,7-8H2,1-6H3;1H3;/q;-1;. The van der Waals surface area contributed by atoms with Crippen molar-refractivity contribution in [2.45, 2.75) is 41.5 Å². The maximum Gasteiger partial charge on any atom is 0.129 e. The maximum absolute atomic E-state index is 5.04. The van der Waals surface area contributed by atoms with Gasteiger partial charge in [-0.3, -0.25) is 0 Å². The van der Waals surface area contributed by atoms with Gasteiger partial charge in [0.05, 0.1) is 11.4 Å². The van der Waals surface area contributed by atoms with Crippen LogP contribution in [0.15, 0.2) is 34.3 Å². The molecule has 0 unspecified atom stereocenters. The van der Waals surface area contributed by atoms with E-state index in [9.17, 15) is 0 Å². The molecule has 0 aliphatic carbocycles. The Kier molecular flexibility index (Phi) is 9.53. The summed E-state index contributed by atoms with van der Waals surface area (Å²) in [7, 11) is 0. The predicted molar refractivity (Wildman–Crippen MR) is 127 cm³/mol. The number of aryl methyl sites for hydroxylation is 6. The fourth-order valence-corrected chi connectivity index (χ4v) is 5.52. The van der Waals surface area contributed by atoms with Crippen molar-refractivity contribution in [3.63, 3.8) is 0 Å². The molecule has 1 heterocycles. The molecule has 0 amide bonds. The van der Waals surface area contributed by atoms with Gasteiger partial charge in [0, 0.05) is 28.0 Å². The summed E-state index contributed by atoms with van der Waals surface area (Å²) in [5.41, 5.74) is 9.67. The average molecular weight is 456 g/mol. The molecule has 5 heteroatoms. The SMILES string of the molecule is Cc1cc(C)c(N=C2SCCSC2=Nc2c(C)cc(C)cc2C)c(C)c1.[CH3-].[Ni]. The summed E-state index contributed by atoms with van der Waals surface area (Å²) < 4.78 is 0. The molecule has 1 fully saturated rings. The molecule has 154 valence electrons. The second-order valence-electron chi connectivity index (χ2n) is 7.03. The van der Waals surface area contributed by atoms with Crippen molar-refractivity contribution in [1.82, 2.24) is 0 Å². The zero-order valence-corrected chi connectivity index (χ0v) is 20.4. The smallest absolute Gasteiger partial charge is 0.129 e. The van der Waals surface area contributed by atoms with Gasteiger partial charge in [0.25, 0.3) is 0 Å². The molecule has 0 radical (unpaired) electrons. The van der Waals surface area contributed by atoms with E-state index >= 15 is 0 Å². The summed E-state index contributed by atoms with van der Waals surface area (Å²) in [6.07, 6.45) is 0. The Hall–Kier alpha value is -1.03. The maximum atomic E-state index is 5.04. The van der Waals surface area contributed by atoms with E-state index in [0.29, 0.717) is 0 Å². The number of hydrogen-bond acceptors (Lipinski definition) is 4. The molecular weight excluding hydrogens is 427 g/mol. The van der Waals surface area contributed by atoms with E-state index in [-0.39, 0.29) is 23.9 Å². The Labute approximate surface area is 189 Å². The molecule has 3 rings (SSSR count). The number of thioether (sulfide) groups is 2. The Morgan fingerprint density at radius 2 is 0.893 bits per heavy atom. The van der Waals surface area contributed by atoms with Crippen molar-refractivity contribution in [1.29, 1.82) is 0 Å². The molecule has 0 spiro atoms. The third kappa shape index (κ3) is 5.75. The van der Waals surface area contributed by atoms with Crippen molar-refractivity contribution in [3.05, 3.63) is 65.1 Å². The monoisotopic (exact) mass is 455 g/mol. The van der Waals surface area contributed by atoms with Crippen molar-refractivity contribution in [3.8, 4) is 0 Å². The zero-order chi connectivity index (χ0) is 18.8. The third-order valence-corrected chi connectivity index (χ3v) is 6.76. The number of aliphatic imine (C=N–C) groups is 2. The first kappa shape index (κ1) is 25.0. The van der Waals surface area contributed by atoms with Crippen LogP contribution in [0.1, 0.15) is 33.4 Å².